The van der Waals surface area contributed by atoms with Gasteiger partial charge in [-0.15, -0.1) is 0 Å². The number of rotatable bonds is 8. The number of benzene rings is 2. The van der Waals surface area contributed by atoms with Crippen molar-refractivity contribution in [2.24, 2.45) is 0 Å². The Morgan fingerprint density at radius 1 is 0.912 bits per heavy atom. The molecule has 0 saturated heterocycles. The van der Waals surface area contributed by atoms with Crippen molar-refractivity contribution >= 4 is 5.78 Å². The van der Waals surface area contributed by atoms with Crippen LogP contribution in [0.4, 0.5) is 0 Å². The zero-order valence-corrected chi connectivity index (χ0v) is 19.4. The van der Waals surface area contributed by atoms with Gasteiger partial charge in [-0.1, -0.05) is 18.2 Å². The van der Waals surface area contributed by atoms with Crippen molar-refractivity contribution in [2.45, 2.75) is 69.9 Å². The van der Waals surface area contributed by atoms with Crippen molar-refractivity contribution in [2.75, 3.05) is 13.4 Å². The maximum Gasteiger partial charge on any atom is 0.189 e. The Labute approximate surface area is 199 Å². The first kappa shape index (κ1) is 26.1. The quantitative estimate of drug-likeness (QED) is 0.430. The van der Waals surface area contributed by atoms with E-state index in [2.05, 4.69) is 0 Å². The van der Waals surface area contributed by atoms with Crippen LogP contribution in [0, 0.1) is 0 Å². The summed E-state index contributed by atoms with van der Waals surface area (Å²) in [5.41, 5.74) is 2.12. The summed E-state index contributed by atoms with van der Waals surface area (Å²) >= 11 is 0. The molecule has 0 spiro atoms. The molecule has 2 aromatic rings. The molecule has 3 unspecified atom stereocenters. The highest BCUT2D eigenvalue weighted by atomic mass is 16.7. The number of aliphatic hydroxyl groups excluding tert-OH is 4. The SMILES string of the molecule is C[C@@H](O)C(O)C(O)C(CO)OCOc1ccc2cc1Oc1ccc(cc1)CCC(=O)CCCC2. The van der Waals surface area contributed by atoms with Gasteiger partial charge in [-0.2, -0.15) is 0 Å². The normalized spacial score (nSPS) is 18.2. The van der Waals surface area contributed by atoms with Gasteiger partial charge in [0, 0.05) is 12.8 Å². The van der Waals surface area contributed by atoms with E-state index >= 15 is 0 Å². The summed E-state index contributed by atoms with van der Waals surface area (Å²) < 4.78 is 17.2. The first-order chi connectivity index (χ1) is 16.4. The molecule has 4 N–H and O–H groups in total. The summed E-state index contributed by atoms with van der Waals surface area (Å²) in [4.78, 5) is 12.1. The molecule has 186 valence electrons. The molecule has 0 fully saturated rings. The standard InChI is InChI=1S/C26H34O8/c1-17(28)25(30)26(31)24(15-27)33-16-32-22-13-9-19-4-2-3-5-20(29)10-6-18-7-11-21(12-8-18)34-23(22)14-19/h7-9,11-14,17,24-28,30-31H,2-6,10,15-16H2,1H3/t17-,24?,25?,26?/m1/s1. The molecule has 0 radical (unpaired) electrons. The molecule has 2 heterocycles. The lowest BCUT2D eigenvalue weighted by Gasteiger charge is -2.27. The average molecular weight is 475 g/mol. The molecule has 0 aliphatic carbocycles. The number of ketones is 1. The van der Waals surface area contributed by atoms with Crippen molar-refractivity contribution in [3.8, 4) is 17.2 Å². The van der Waals surface area contributed by atoms with Gasteiger partial charge in [-0.3, -0.25) is 4.79 Å². The van der Waals surface area contributed by atoms with Crippen LogP contribution in [-0.2, 0) is 22.4 Å². The van der Waals surface area contributed by atoms with Gasteiger partial charge in [0.05, 0.1) is 12.7 Å². The molecule has 2 aromatic carbocycles. The van der Waals surface area contributed by atoms with Crippen LogP contribution >= 0.6 is 0 Å². The molecule has 8 heteroatoms. The van der Waals surface area contributed by atoms with Gasteiger partial charge in [0.15, 0.2) is 18.3 Å². The first-order valence-corrected chi connectivity index (χ1v) is 11.7. The Hall–Kier alpha value is -2.49. The Bertz CT molecular complexity index is 912. The first-order valence-electron chi connectivity index (χ1n) is 11.7. The number of aryl methyl sites for hydroxylation is 2. The van der Waals surface area contributed by atoms with Crippen LogP contribution in [0.3, 0.4) is 0 Å². The molecule has 8 nitrogen and oxygen atoms in total. The Morgan fingerprint density at radius 3 is 2.32 bits per heavy atom. The minimum Gasteiger partial charge on any atom is -0.464 e. The third kappa shape index (κ3) is 7.51. The van der Waals surface area contributed by atoms with Crippen molar-refractivity contribution in [3.05, 3.63) is 53.6 Å². The zero-order chi connectivity index (χ0) is 24.5. The van der Waals surface area contributed by atoms with Gasteiger partial charge in [0.25, 0.3) is 0 Å². The number of carbonyl (C=O) groups excluding carboxylic acids is 1. The molecule has 2 aliphatic heterocycles. The van der Waals surface area contributed by atoms with Gasteiger partial charge in [-0.05, 0) is 68.0 Å². The van der Waals surface area contributed by atoms with E-state index in [0.717, 1.165) is 30.4 Å². The zero-order valence-electron chi connectivity index (χ0n) is 19.4. The van der Waals surface area contributed by atoms with Crippen molar-refractivity contribution in [1.82, 2.24) is 0 Å². The summed E-state index contributed by atoms with van der Waals surface area (Å²) in [6, 6.07) is 13.2. The highest BCUT2D eigenvalue weighted by Gasteiger charge is 2.30. The van der Waals surface area contributed by atoms with Crippen LogP contribution in [0.1, 0.15) is 43.7 Å². The topological polar surface area (TPSA) is 126 Å². The number of aliphatic hydroxyl groups is 4. The van der Waals surface area contributed by atoms with Gasteiger partial charge in [0.1, 0.15) is 29.8 Å². The summed E-state index contributed by atoms with van der Waals surface area (Å²) in [6.07, 6.45) is -0.916. The summed E-state index contributed by atoms with van der Waals surface area (Å²) in [5.74, 6) is 1.81. The molecule has 34 heavy (non-hydrogen) atoms. The molecule has 4 atom stereocenters. The van der Waals surface area contributed by atoms with E-state index in [4.69, 9.17) is 14.2 Å². The lowest BCUT2D eigenvalue weighted by Crippen LogP contribution is -2.46. The number of hydrogen-bond donors (Lipinski definition) is 4. The van der Waals surface area contributed by atoms with Gasteiger partial charge >= 0.3 is 0 Å². The second kappa shape index (κ2) is 12.8. The Morgan fingerprint density at radius 2 is 1.62 bits per heavy atom. The van der Waals surface area contributed by atoms with Crippen molar-refractivity contribution < 1.29 is 39.4 Å². The minimum absolute atomic E-state index is 0.284. The summed E-state index contributed by atoms with van der Waals surface area (Å²) in [5, 5.41) is 38.9. The third-order valence-corrected chi connectivity index (χ3v) is 5.92. The van der Waals surface area contributed by atoms with Crippen LogP contribution in [0.5, 0.6) is 17.2 Å². The lowest BCUT2D eigenvalue weighted by molar-refractivity contribution is -0.153. The van der Waals surface area contributed by atoms with Crippen LogP contribution in [0.25, 0.3) is 0 Å². The fourth-order valence-corrected chi connectivity index (χ4v) is 3.77. The van der Waals surface area contributed by atoms with Crippen LogP contribution in [0.15, 0.2) is 42.5 Å². The van der Waals surface area contributed by atoms with E-state index < -0.39 is 31.0 Å². The van der Waals surface area contributed by atoms with Crippen molar-refractivity contribution in [3.63, 3.8) is 0 Å². The average Bonchev–Trinajstić information content (AvgIpc) is 2.84. The van der Waals surface area contributed by atoms with Crippen molar-refractivity contribution in [1.29, 1.82) is 0 Å². The highest BCUT2D eigenvalue weighted by Crippen LogP contribution is 2.34. The fraction of sp³-hybridized carbons (Fsp3) is 0.500. The third-order valence-electron chi connectivity index (χ3n) is 5.92. The second-order valence-corrected chi connectivity index (χ2v) is 8.64. The molecule has 4 bridgehead atoms. The smallest absolute Gasteiger partial charge is 0.189 e. The fourth-order valence-electron chi connectivity index (χ4n) is 3.77. The van der Waals surface area contributed by atoms with E-state index in [9.17, 15) is 25.2 Å². The van der Waals surface area contributed by atoms with Gasteiger partial charge in [0.2, 0.25) is 0 Å². The lowest BCUT2D eigenvalue weighted by atomic mass is 10.0. The molecular weight excluding hydrogens is 440 g/mol. The molecule has 0 aromatic heterocycles. The monoisotopic (exact) mass is 474 g/mol. The number of hydrogen-bond acceptors (Lipinski definition) is 8. The molecule has 0 saturated carbocycles. The Kier molecular flexibility index (Phi) is 9.86. The van der Waals surface area contributed by atoms with E-state index in [1.54, 1.807) is 6.07 Å². The summed E-state index contributed by atoms with van der Waals surface area (Å²) in [6.45, 7) is 0.454. The van der Waals surface area contributed by atoms with Gasteiger partial charge in [-0.25, -0.2) is 0 Å². The maximum atomic E-state index is 12.1. The number of Topliss-reactive ketones (excluding diaryl/α,β-unsaturated/α-hetero) is 1. The maximum absolute atomic E-state index is 12.1. The van der Waals surface area contributed by atoms with Crippen LogP contribution in [0.2, 0.25) is 0 Å². The molecular formula is C26H34O8. The van der Waals surface area contributed by atoms with E-state index in [1.807, 2.05) is 36.4 Å². The number of ether oxygens (including phenoxy) is 3. The van der Waals surface area contributed by atoms with E-state index in [0.29, 0.717) is 36.5 Å². The molecule has 4 rings (SSSR count). The van der Waals surface area contributed by atoms with E-state index in [-0.39, 0.29) is 12.6 Å². The van der Waals surface area contributed by atoms with Gasteiger partial charge < -0.3 is 34.6 Å². The largest absolute Gasteiger partial charge is 0.464 e. The molecule has 0 amide bonds. The minimum atomic E-state index is -1.49. The predicted molar refractivity (Wildman–Crippen MR) is 125 cm³/mol. The summed E-state index contributed by atoms with van der Waals surface area (Å²) in [7, 11) is 0. The Balaban J connectivity index is 1.72. The number of fused-ring (bicyclic) bond motifs is 8. The van der Waals surface area contributed by atoms with Crippen LogP contribution < -0.4 is 9.47 Å². The predicted octanol–water partition coefficient (Wildman–Crippen LogP) is 2.52. The molecule has 2 aliphatic rings. The van der Waals surface area contributed by atoms with E-state index in [1.165, 1.54) is 6.92 Å². The van der Waals surface area contributed by atoms with Crippen LogP contribution in [-0.4, -0.2) is 64.0 Å². The second-order valence-electron chi connectivity index (χ2n) is 8.64. The highest BCUT2D eigenvalue weighted by molar-refractivity contribution is 5.78. The number of carbonyl (C=O) groups is 1.